The van der Waals surface area contributed by atoms with Crippen LogP contribution in [0.15, 0.2) is 35.3 Å². The molecule has 2 fully saturated rings. The molecule has 2 N–H and O–H groups in total. The van der Waals surface area contributed by atoms with E-state index in [1.54, 1.807) is 29.3 Å². The Bertz CT molecular complexity index is 956. The van der Waals surface area contributed by atoms with Gasteiger partial charge in [0, 0.05) is 25.0 Å². The maximum atomic E-state index is 12.8. The molecule has 0 saturated carbocycles. The van der Waals surface area contributed by atoms with Crippen LogP contribution in [0.4, 0.5) is 0 Å². The van der Waals surface area contributed by atoms with Gasteiger partial charge in [-0.25, -0.2) is 4.68 Å². The molecule has 2 saturated heterocycles. The highest BCUT2D eigenvalue weighted by Crippen LogP contribution is 2.37. The molecule has 0 unspecified atom stereocenters. The summed E-state index contributed by atoms with van der Waals surface area (Å²) < 4.78 is 1.16. The number of amides is 2. The Kier molecular flexibility index (Phi) is 4.43. The molecule has 8 heteroatoms. The third-order valence-corrected chi connectivity index (χ3v) is 5.72. The summed E-state index contributed by atoms with van der Waals surface area (Å²) in [7, 11) is 0. The van der Waals surface area contributed by atoms with Gasteiger partial charge in [0.1, 0.15) is 6.54 Å². The van der Waals surface area contributed by atoms with Crippen LogP contribution in [-0.2, 0) is 16.1 Å². The van der Waals surface area contributed by atoms with Crippen molar-refractivity contribution < 1.29 is 14.7 Å². The van der Waals surface area contributed by atoms with Gasteiger partial charge in [-0.05, 0) is 25.3 Å². The Balaban J connectivity index is 1.56. The zero-order chi connectivity index (χ0) is 19.0. The van der Waals surface area contributed by atoms with Gasteiger partial charge in [-0.2, -0.15) is 5.10 Å². The Morgan fingerprint density at radius 1 is 1.33 bits per heavy atom. The molecule has 2 amide bonds. The molecule has 3 heterocycles. The molecule has 2 aromatic rings. The van der Waals surface area contributed by atoms with Crippen LogP contribution in [0.3, 0.4) is 0 Å². The summed E-state index contributed by atoms with van der Waals surface area (Å²) in [6.07, 6.45) is 2.48. The van der Waals surface area contributed by atoms with E-state index >= 15 is 0 Å². The Hall–Kier alpha value is -2.74. The van der Waals surface area contributed by atoms with Crippen LogP contribution in [0.2, 0.25) is 0 Å². The number of benzene rings is 1. The standard InChI is InChI=1S/C19H22N4O4/c24-15-6-9-22(12-19(15)7-3-8-20-18(19)27)16(25)11-23-17(26)14-5-2-1-4-13(14)10-21-23/h1-2,4-5,10,15,24H,3,6-9,11-12H2,(H,20,27)/t15-,19-/m1/s1. The smallest absolute Gasteiger partial charge is 0.275 e. The van der Waals surface area contributed by atoms with Crippen molar-refractivity contribution in [2.45, 2.75) is 31.9 Å². The van der Waals surface area contributed by atoms with Gasteiger partial charge >= 0.3 is 0 Å². The van der Waals surface area contributed by atoms with E-state index in [2.05, 4.69) is 10.4 Å². The molecule has 1 aromatic heterocycles. The largest absolute Gasteiger partial charge is 0.392 e. The normalized spacial score (nSPS) is 25.6. The number of aliphatic hydroxyl groups is 1. The van der Waals surface area contributed by atoms with Crippen molar-refractivity contribution in [3.63, 3.8) is 0 Å². The third-order valence-electron chi connectivity index (χ3n) is 5.72. The first-order valence-electron chi connectivity index (χ1n) is 9.20. The monoisotopic (exact) mass is 370 g/mol. The number of fused-ring (bicyclic) bond motifs is 1. The van der Waals surface area contributed by atoms with Gasteiger partial charge < -0.3 is 15.3 Å². The lowest BCUT2D eigenvalue weighted by atomic mass is 9.71. The van der Waals surface area contributed by atoms with Gasteiger partial charge in [0.25, 0.3) is 5.56 Å². The lowest BCUT2D eigenvalue weighted by Gasteiger charge is -2.46. The lowest BCUT2D eigenvalue weighted by Crippen LogP contribution is -2.62. The highest BCUT2D eigenvalue weighted by Gasteiger charge is 2.50. The van der Waals surface area contributed by atoms with Crippen LogP contribution < -0.4 is 10.9 Å². The van der Waals surface area contributed by atoms with Crippen molar-refractivity contribution in [2.24, 2.45) is 5.41 Å². The topological polar surface area (TPSA) is 105 Å². The zero-order valence-corrected chi connectivity index (χ0v) is 14.9. The van der Waals surface area contributed by atoms with Gasteiger partial charge in [-0.15, -0.1) is 0 Å². The number of nitrogens with zero attached hydrogens (tertiary/aromatic N) is 3. The van der Waals surface area contributed by atoms with E-state index in [-0.39, 0.29) is 30.5 Å². The van der Waals surface area contributed by atoms with E-state index in [0.717, 1.165) is 16.5 Å². The first-order valence-corrected chi connectivity index (χ1v) is 9.20. The van der Waals surface area contributed by atoms with Crippen LogP contribution in [-0.4, -0.2) is 57.3 Å². The summed E-state index contributed by atoms with van der Waals surface area (Å²) >= 11 is 0. The quantitative estimate of drug-likeness (QED) is 0.767. The van der Waals surface area contributed by atoms with Gasteiger partial charge in [0.15, 0.2) is 0 Å². The van der Waals surface area contributed by atoms with Crippen molar-refractivity contribution in [1.82, 2.24) is 20.0 Å². The van der Waals surface area contributed by atoms with Crippen LogP contribution >= 0.6 is 0 Å². The van der Waals surface area contributed by atoms with Gasteiger partial charge in [0.2, 0.25) is 11.8 Å². The SMILES string of the molecule is O=C(Cn1ncc2ccccc2c1=O)N1CC[C@@H](O)[C@@]2(CCCNC2=O)C1. The highest BCUT2D eigenvalue weighted by molar-refractivity contribution is 5.86. The van der Waals surface area contributed by atoms with Crippen molar-refractivity contribution in [1.29, 1.82) is 0 Å². The van der Waals surface area contributed by atoms with E-state index < -0.39 is 11.5 Å². The average Bonchev–Trinajstić information content (AvgIpc) is 2.68. The van der Waals surface area contributed by atoms with Crippen molar-refractivity contribution in [3.05, 3.63) is 40.8 Å². The predicted octanol–water partition coefficient (Wildman–Crippen LogP) is -0.114. The number of carbonyl (C=O) groups excluding carboxylic acids is 2. The average molecular weight is 370 g/mol. The van der Waals surface area contributed by atoms with Crippen molar-refractivity contribution in [3.8, 4) is 0 Å². The first-order chi connectivity index (χ1) is 13.0. The molecule has 2 atom stereocenters. The van der Waals surface area contributed by atoms with E-state index in [1.807, 2.05) is 6.07 Å². The fourth-order valence-electron chi connectivity index (χ4n) is 4.12. The third kappa shape index (κ3) is 2.99. The molecule has 8 nitrogen and oxygen atoms in total. The molecule has 2 aliphatic heterocycles. The number of carbonyl (C=O) groups is 2. The number of aliphatic hydroxyl groups excluding tert-OH is 1. The second kappa shape index (κ2) is 6.77. The fourth-order valence-corrected chi connectivity index (χ4v) is 4.12. The number of rotatable bonds is 2. The number of hydrogen-bond donors (Lipinski definition) is 2. The van der Waals surface area contributed by atoms with Crippen molar-refractivity contribution >= 4 is 22.6 Å². The minimum atomic E-state index is -0.950. The number of aromatic nitrogens is 2. The molecule has 0 radical (unpaired) electrons. The number of nitrogens with one attached hydrogen (secondary N) is 1. The summed E-state index contributed by atoms with van der Waals surface area (Å²) in [6.45, 7) is 0.938. The van der Waals surface area contributed by atoms with Crippen LogP contribution in [0.25, 0.3) is 10.8 Å². The summed E-state index contributed by atoms with van der Waals surface area (Å²) in [5.41, 5.74) is -1.27. The lowest BCUT2D eigenvalue weighted by molar-refractivity contribution is -0.155. The Morgan fingerprint density at radius 2 is 2.15 bits per heavy atom. The summed E-state index contributed by atoms with van der Waals surface area (Å²) in [4.78, 5) is 39.4. The second-order valence-corrected chi connectivity index (χ2v) is 7.33. The Morgan fingerprint density at radius 3 is 2.96 bits per heavy atom. The zero-order valence-electron chi connectivity index (χ0n) is 14.9. The number of likely N-dealkylation sites (tertiary alicyclic amines) is 1. The summed E-state index contributed by atoms with van der Waals surface area (Å²) in [5, 5.41) is 18.6. The number of piperidine rings is 2. The maximum Gasteiger partial charge on any atom is 0.275 e. The fraction of sp³-hybridized carbons (Fsp3) is 0.474. The molecular weight excluding hydrogens is 348 g/mol. The maximum absolute atomic E-state index is 12.8. The molecule has 1 aromatic carbocycles. The number of hydrogen-bond acceptors (Lipinski definition) is 5. The first kappa shape index (κ1) is 17.7. The van der Waals surface area contributed by atoms with Crippen LogP contribution in [0.5, 0.6) is 0 Å². The van der Waals surface area contributed by atoms with E-state index in [9.17, 15) is 19.5 Å². The molecule has 0 aliphatic carbocycles. The minimum Gasteiger partial charge on any atom is -0.392 e. The summed E-state index contributed by atoms with van der Waals surface area (Å²) in [5.74, 6) is -0.468. The van der Waals surface area contributed by atoms with Gasteiger partial charge in [0.05, 0.1) is 23.1 Å². The Labute approximate surface area is 155 Å². The van der Waals surface area contributed by atoms with Crippen LogP contribution in [0, 0.1) is 5.41 Å². The van der Waals surface area contributed by atoms with E-state index in [0.29, 0.717) is 31.3 Å². The minimum absolute atomic E-state index is 0.168. The van der Waals surface area contributed by atoms with E-state index in [4.69, 9.17) is 0 Å². The predicted molar refractivity (Wildman–Crippen MR) is 97.9 cm³/mol. The van der Waals surface area contributed by atoms with E-state index in [1.165, 1.54) is 0 Å². The molecule has 2 aliphatic rings. The van der Waals surface area contributed by atoms with Crippen LogP contribution in [0.1, 0.15) is 19.3 Å². The van der Waals surface area contributed by atoms with Gasteiger partial charge in [-0.3, -0.25) is 14.4 Å². The molecule has 27 heavy (non-hydrogen) atoms. The molecule has 4 rings (SSSR count). The molecular formula is C19H22N4O4. The summed E-state index contributed by atoms with van der Waals surface area (Å²) in [6, 6.07) is 7.10. The molecule has 142 valence electrons. The van der Waals surface area contributed by atoms with Crippen molar-refractivity contribution in [2.75, 3.05) is 19.6 Å². The molecule has 0 bridgehead atoms. The highest BCUT2D eigenvalue weighted by atomic mass is 16.3. The van der Waals surface area contributed by atoms with Gasteiger partial charge in [-0.1, -0.05) is 18.2 Å². The molecule has 1 spiro atoms. The second-order valence-electron chi connectivity index (χ2n) is 7.33.